The van der Waals surface area contributed by atoms with Crippen molar-refractivity contribution >= 4 is 5.91 Å². The van der Waals surface area contributed by atoms with E-state index in [1.807, 2.05) is 13.8 Å². The predicted molar refractivity (Wildman–Crippen MR) is 79.1 cm³/mol. The Balaban J connectivity index is 2.12. The van der Waals surface area contributed by atoms with Gasteiger partial charge in [0.05, 0.1) is 18.3 Å². The molecule has 1 aromatic rings. The monoisotopic (exact) mass is 295 g/mol. The van der Waals surface area contributed by atoms with Crippen molar-refractivity contribution in [3.05, 3.63) is 23.2 Å². The molecule has 1 saturated heterocycles. The third-order valence-electron chi connectivity index (χ3n) is 4.60. The largest absolute Gasteiger partial charge is 0.466 e. The number of aryl methyl sites for hydroxylation is 2. The van der Waals surface area contributed by atoms with Crippen molar-refractivity contribution in [3.63, 3.8) is 0 Å². The lowest BCUT2D eigenvalue weighted by atomic mass is 9.73. The van der Waals surface area contributed by atoms with Crippen molar-refractivity contribution in [2.75, 3.05) is 19.7 Å². The third kappa shape index (κ3) is 2.99. The highest BCUT2D eigenvalue weighted by atomic mass is 16.3. The molecular formula is C16H25NO4. The topological polar surface area (TPSA) is 73.9 Å². The summed E-state index contributed by atoms with van der Waals surface area (Å²) in [7, 11) is 0. The molecule has 0 saturated carbocycles. The molecule has 0 aromatic carbocycles. The summed E-state index contributed by atoms with van der Waals surface area (Å²) < 4.78 is 5.40. The van der Waals surface area contributed by atoms with Crippen LogP contribution in [0.5, 0.6) is 0 Å². The molecular weight excluding hydrogens is 270 g/mol. The molecule has 1 amide bonds. The number of furan rings is 1. The van der Waals surface area contributed by atoms with Crippen molar-refractivity contribution in [2.24, 2.45) is 5.41 Å². The van der Waals surface area contributed by atoms with Crippen molar-refractivity contribution in [3.8, 4) is 0 Å². The van der Waals surface area contributed by atoms with Gasteiger partial charge in [0.25, 0.3) is 5.91 Å². The zero-order valence-corrected chi connectivity index (χ0v) is 13.1. The summed E-state index contributed by atoms with van der Waals surface area (Å²) >= 11 is 0. The molecule has 2 rings (SSSR count). The van der Waals surface area contributed by atoms with E-state index < -0.39 is 11.5 Å². The van der Waals surface area contributed by atoms with E-state index in [0.29, 0.717) is 30.0 Å². The second kappa shape index (κ2) is 6.20. The van der Waals surface area contributed by atoms with Gasteiger partial charge in [0.1, 0.15) is 11.5 Å². The molecule has 1 fully saturated rings. The second-order valence-electron chi connectivity index (χ2n) is 6.11. The molecule has 5 heteroatoms. The molecule has 0 bridgehead atoms. The number of nitrogens with zero attached hydrogens (tertiary/aromatic N) is 1. The fourth-order valence-corrected chi connectivity index (χ4v) is 3.27. The fourth-order valence-electron chi connectivity index (χ4n) is 3.27. The first-order chi connectivity index (χ1) is 9.93. The lowest BCUT2D eigenvalue weighted by Gasteiger charge is -2.44. The standard InChI is InChI=1S/C16H25NO4/c1-4-5-16(10-18)6-7-17(9-14(16)19)15(20)13-8-11(2)21-12(13)3/h8,14,18-19H,4-7,9-10H2,1-3H3/t14-,16+/m0/s1. The van der Waals surface area contributed by atoms with Crippen LogP contribution >= 0.6 is 0 Å². The molecule has 5 nitrogen and oxygen atoms in total. The molecule has 0 radical (unpaired) electrons. The van der Waals surface area contributed by atoms with E-state index in [9.17, 15) is 15.0 Å². The summed E-state index contributed by atoms with van der Waals surface area (Å²) in [6, 6.07) is 1.74. The van der Waals surface area contributed by atoms with Crippen LogP contribution in [0.2, 0.25) is 0 Å². The number of amides is 1. The van der Waals surface area contributed by atoms with E-state index in [2.05, 4.69) is 0 Å². The molecule has 2 heterocycles. The number of hydrogen-bond donors (Lipinski definition) is 2. The highest BCUT2D eigenvalue weighted by molar-refractivity contribution is 5.95. The average Bonchev–Trinajstić information content (AvgIpc) is 2.79. The van der Waals surface area contributed by atoms with Gasteiger partial charge in [-0.2, -0.15) is 0 Å². The Morgan fingerprint density at radius 2 is 2.24 bits per heavy atom. The molecule has 1 aromatic heterocycles. The molecule has 0 unspecified atom stereocenters. The van der Waals surface area contributed by atoms with E-state index in [1.54, 1.807) is 17.9 Å². The molecule has 2 atom stereocenters. The molecule has 1 aliphatic rings. The molecule has 118 valence electrons. The molecule has 21 heavy (non-hydrogen) atoms. The summed E-state index contributed by atoms with van der Waals surface area (Å²) in [4.78, 5) is 14.2. The van der Waals surface area contributed by atoms with Crippen LogP contribution in [0.25, 0.3) is 0 Å². The van der Waals surface area contributed by atoms with Crippen molar-refractivity contribution in [2.45, 2.75) is 46.1 Å². The van der Waals surface area contributed by atoms with Gasteiger partial charge in [0, 0.05) is 18.5 Å². The van der Waals surface area contributed by atoms with E-state index in [4.69, 9.17) is 4.42 Å². The molecule has 0 spiro atoms. The van der Waals surface area contributed by atoms with Gasteiger partial charge in [0.2, 0.25) is 0 Å². The minimum absolute atomic E-state index is 0.0338. The van der Waals surface area contributed by atoms with Gasteiger partial charge in [-0.15, -0.1) is 0 Å². The maximum atomic E-state index is 12.5. The van der Waals surface area contributed by atoms with Crippen molar-refractivity contribution in [1.82, 2.24) is 4.90 Å². The van der Waals surface area contributed by atoms with Crippen LogP contribution in [0.1, 0.15) is 48.1 Å². The van der Waals surface area contributed by atoms with Crippen LogP contribution in [-0.4, -0.2) is 46.8 Å². The van der Waals surface area contributed by atoms with Gasteiger partial charge in [-0.1, -0.05) is 13.3 Å². The number of hydrogen-bond acceptors (Lipinski definition) is 4. The fraction of sp³-hybridized carbons (Fsp3) is 0.688. The van der Waals surface area contributed by atoms with Crippen LogP contribution in [0.4, 0.5) is 0 Å². The summed E-state index contributed by atoms with van der Waals surface area (Å²) in [5, 5.41) is 20.1. The zero-order valence-electron chi connectivity index (χ0n) is 13.1. The van der Waals surface area contributed by atoms with Gasteiger partial charge < -0.3 is 19.5 Å². The Morgan fingerprint density at radius 1 is 1.52 bits per heavy atom. The number of rotatable bonds is 4. The zero-order chi connectivity index (χ0) is 15.6. The van der Waals surface area contributed by atoms with E-state index in [1.165, 1.54) is 0 Å². The number of piperidine rings is 1. The maximum absolute atomic E-state index is 12.5. The number of aliphatic hydroxyl groups is 2. The first kappa shape index (κ1) is 16.0. The van der Waals surface area contributed by atoms with Gasteiger partial charge >= 0.3 is 0 Å². The van der Waals surface area contributed by atoms with E-state index in [-0.39, 0.29) is 19.1 Å². The summed E-state index contributed by atoms with van der Waals surface area (Å²) in [5.74, 6) is 1.22. The van der Waals surface area contributed by atoms with E-state index in [0.717, 1.165) is 12.8 Å². The Kier molecular flexibility index (Phi) is 4.74. The predicted octanol–water partition coefficient (Wildman–Crippen LogP) is 1.88. The number of likely N-dealkylation sites (tertiary alicyclic amines) is 1. The smallest absolute Gasteiger partial charge is 0.257 e. The first-order valence-electron chi connectivity index (χ1n) is 7.58. The minimum Gasteiger partial charge on any atom is -0.466 e. The van der Waals surface area contributed by atoms with Gasteiger partial charge in [0.15, 0.2) is 0 Å². The number of β-amino-alcohol motifs (C(OH)–C–C–N with tert-alkyl or cyclic N) is 1. The summed E-state index contributed by atoms with van der Waals surface area (Å²) in [5.41, 5.74) is 0.0964. The third-order valence-corrected chi connectivity index (χ3v) is 4.60. The van der Waals surface area contributed by atoms with Gasteiger partial charge in [-0.3, -0.25) is 4.79 Å². The highest BCUT2D eigenvalue weighted by Gasteiger charge is 2.42. The second-order valence-corrected chi connectivity index (χ2v) is 6.11. The van der Waals surface area contributed by atoms with Crippen molar-refractivity contribution in [1.29, 1.82) is 0 Å². The number of carbonyl (C=O) groups is 1. The SMILES string of the molecule is CCC[C@]1(CO)CCN(C(=O)c2cc(C)oc2C)C[C@@H]1O. The molecule has 1 aliphatic heterocycles. The summed E-state index contributed by atoms with van der Waals surface area (Å²) in [6.45, 7) is 6.42. The van der Waals surface area contributed by atoms with Crippen molar-refractivity contribution < 1.29 is 19.4 Å². The Labute approximate surface area is 125 Å². The Hall–Kier alpha value is -1.33. The van der Waals surface area contributed by atoms with Gasteiger partial charge in [-0.05, 0) is 32.8 Å². The van der Waals surface area contributed by atoms with Gasteiger partial charge in [-0.25, -0.2) is 0 Å². The maximum Gasteiger partial charge on any atom is 0.257 e. The Morgan fingerprint density at radius 3 is 2.71 bits per heavy atom. The minimum atomic E-state index is -0.687. The van der Waals surface area contributed by atoms with E-state index >= 15 is 0 Å². The normalized spacial score (nSPS) is 26.1. The number of aliphatic hydroxyl groups excluding tert-OH is 2. The molecule has 0 aliphatic carbocycles. The van der Waals surface area contributed by atoms with Crippen LogP contribution < -0.4 is 0 Å². The van der Waals surface area contributed by atoms with Crippen LogP contribution in [0.15, 0.2) is 10.5 Å². The average molecular weight is 295 g/mol. The van der Waals surface area contributed by atoms with Crippen LogP contribution in [0.3, 0.4) is 0 Å². The van der Waals surface area contributed by atoms with Crippen LogP contribution in [-0.2, 0) is 0 Å². The first-order valence-corrected chi connectivity index (χ1v) is 7.58. The lowest BCUT2D eigenvalue weighted by molar-refractivity contribution is -0.0713. The van der Waals surface area contributed by atoms with Crippen LogP contribution in [0, 0.1) is 19.3 Å². The molecule has 2 N–H and O–H groups in total. The number of carbonyl (C=O) groups excluding carboxylic acids is 1. The highest BCUT2D eigenvalue weighted by Crippen LogP contribution is 2.36. The lowest BCUT2D eigenvalue weighted by Crippen LogP contribution is -2.54. The summed E-state index contributed by atoms with van der Waals surface area (Å²) in [6.07, 6.45) is 1.62. The quantitative estimate of drug-likeness (QED) is 0.889. The Bertz CT molecular complexity index is 510.